The summed E-state index contributed by atoms with van der Waals surface area (Å²) < 4.78 is 19.7. The van der Waals surface area contributed by atoms with Crippen LogP contribution in [-0.4, -0.2) is 37.5 Å². The Hall–Kier alpha value is -2.12. The first-order valence-corrected chi connectivity index (χ1v) is 14.1. The second-order valence-corrected chi connectivity index (χ2v) is 9.25. The SMILES string of the molecule is CCCCCCCC(=O)OCOC(=O)CCCCCCCCC(=O)OCOC(=O)CCCCCCC. The topological polar surface area (TPSA) is 105 Å². The van der Waals surface area contributed by atoms with Gasteiger partial charge in [-0.25, -0.2) is 0 Å². The third-order valence-corrected chi connectivity index (χ3v) is 5.86. The lowest BCUT2D eigenvalue weighted by molar-refractivity contribution is -0.169. The highest BCUT2D eigenvalue weighted by molar-refractivity contribution is 5.71. The van der Waals surface area contributed by atoms with E-state index >= 15 is 0 Å². The minimum absolute atomic E-state index is 0.304. The van der Waals surface area contributed by atoms with Crippen LogP contribution in [0.25, 0.3) is 0 Å². The monoisotopic (exact) mass is 514 g/mol. The normalized spacial score (nSPS) is 10.6. The van der Waals surface area contributed by atoms with Crippen LogP contribution in [0.3, 0.4) is 0 Å². The van der Waals surface area contributed by atoms with Crippen LogP contribution < -0.4 is 0 Å². The molecule has 8 nitrogen and oxygen atoms in total. The van der Waals surface area contributed by atoms with E-state index in [1.807, 2.05) is 0 Å². The molecule has 0 fully saturated rings. The van der Waals surface area contributed by atoms with Crippen LogP contribution in [-0.2, 0) is 38.1 Å². The van der Waals surface area contributed by atoms with Crippen LogP contribution in [0.4, 0.5) is 0 Å². The van der Waals surface area contributed by atoms with Crippen LogP contribution in [0.1, 0.15) is 142 Å². The second kappa shape index (κ2) is 26.0. The van der Waals surface area contributed by atoms with E-state index in [2.05, 4.69) is 13.8 Å². The average Bonchev–Trinajstić information content (AvgIpc) is 2.85. The summed E-state index contributed by atoms with van der Waals surface area (Å²) in [5.41, 5.74) is 0. The van der Waals surface area contributed by atoms with Gasteiger partial charge in [-0.05, 0) is 25.7 Å². The van der Waals surface area contributed by atoms with Crippen molar-refractivity contribution >= 4 is 23.9 Å². The highest BCUT2D eigenvalue weighted by atomic mass is 16.7. The molecule has 210 valence electrons. The first-order valence-electron chi connectivity index (χ1n) is 14.1. The Morgan fingerprint density at radius 2 is 0.583 bits per heavy atom. The summed E-state index contributed by atoms with van der Waals surface area (Å²) in [4.78, 5) is 46.5. The van der Waals surface area contributed by atoms with Crippen LogP contribution in [0, 0.1) is 0 Å². The zero-order valence-electron chi connectivity index (χ0n) is 22.8. The van der Waals surface area contributed by atoms with Crippen molar-refractivity contribution in [2.24, 2.45) is 0 Å². The molecule has 0 saturated heterocycles. The Morgan fingerprint density at radius 3 is 0.833 bits per heavy atom. The third-order valence-electron chi connectivity index (χ3n) is 5.86. The molecule has 0 N–H and O–H groups in total. The van der Waals surface area contributed by atoms with E-state index in [-0.39, 0.29) is 37.5 Å². The molecule has 0 aromatic heterocycles. The Labute approximate surface area is 218 Å². The van der Waals surface area contributed by atoms with Gasteiger partial charge in [0.15, 0.2) is 0 Å². The molecule has 0 aliphatic rings. The lowest BCUT2D eigenvalue weighted by atomic mass is 10.1. The van der Waals surface area contributed by atoms with Crippen molar-refractivity contribution in [2.75, 3.05) is 13.6 Å². The van der Waals surface area contributed by atoms with Gasteiger partial charge in [0.25, 0.3) is 0 Å². The van der Waals surface area contributed by atoms with Gasteiger partial charge in [0.2, 0.25) is 13.6 Å². The van der Waals surface area contributed by atoms with Gasteiger partial charge in [-0.15, -0.1) is 0 Å². The van der Waals surface area contributed by atoms with Gasteiger partial charge in [0.05, 0.1) is 0 Å². The maximum Gasteiger partial charge on any atom is 0.308 e. The summed E-state index contributed by atoms with van der Waals surface area (Å²) in [7, 11) is 0. The zero-order chi connectivity index (χ0) is 26.7. The number of hydrogen-bond acceptors (Lipinski definition) is 8. The lowest BCUT2D eigenvalue weighted by Crippen LogP contribution is -2.12. The van der Waals surface area contributed by atoms with Crippen LogP contribution >= 0.6 is 0 Å². The van der Waals surface area contributed by atoms with Crippen molar-refractivity contribution in [2.45, 2.75) is 142 Å². The van der Waals surface area contributed by atoms with Crippen molar-refractivity contribution in [1.29, 1.82) is 0 Å². The quantitative estimate of drug-likeness (QED) is 0.0734. The number of unbranched alkanes of at least 4 members (excludes halogenated alkanes) is 13. The molecule has 0 spiro atoms. The molecule has 0 unspecified atom stereocenters. The van der Waals surface area contributed by atoms with Gasteiger partial charge in [-0.1, -0.05) is 90.9 Å². The zero-order valence-corrected chi connectivity index (χ0v) is 22.8. The lowest BCUT2D eigenvalue weighted by Gasteiger charge is -2.07. The van der Waals surface area contributed by atoms with E-state index in [1.54, 1.807) is 0 Å². The standard InChI is InChI=1S/C28H50O8/c1-3-5-7-11-15-19-25(29)33-23-35-27(31)21-17-13-9-10-14-18-22-28(32)36-24-34-26(30)20-16-12-8-6-4-2/h3-24H2,1-2H3. The van der Waals surface area contributed by atoms with Crippen molar-refractivity contribution in [3.63, 3.8) is 0 Å². The highest BCUT2D eigenvalue weighted by Crippen LogP contribution is 2.10. The van der Waals surface area contributed by atoms with Gasteiger partial charge < -0.3 is 18.9 Å². The summed E-state index contributed by atoms with van der Waals surface area (Å²) in [6.07, 6.45) is 17.1. The molecule has 0 heterocycles. The van der Waals surface area contributed by atoms with E-state index in [4.69, 9.17) is 18.9 Å². The largest absolute Gasteiger partial charge is 0.428 e. The predicted molar refractivity (Wildman–Crippen MR) is 138 cm³/mol. The Bertz CT molecular complexity index is 526. The van der Waals surface area contributed by atoms with E-state index in [0.717, 1.165) is 89.9 Å². The average molecular weight is 515 g/mol. The van der Waals surface area contributed by atoms with Crippen molar-refractivity contribution in [3.05, 3.63) is 0 Å². The number of hydrogen-bond donors (Lipinski definition) is 0. The first kappa shape index (κ1) is 33.9. The van der Waals surface area contributed by atoms with Crippen LogP contribution in [0.5, 0.6) is 0 Å². The molecule has 0 radical (unpaired) electrons. The van der Waals surface area contributed by atoms with Crippen LogP contribution in [0.15, 0.2) is 0 Å². The minimum Gasteiger partial charge on any atom is -0.428 e. The molecule has 0 aromatic rings. The Balaban J connectivity index is 3.44. The molecule has 0 amide bonds. The molecule has 0 rings (SSSR count). The fourth-order valence-electron chi connectivity index (χ4n) is 3.60. The highest BCUT2D eigenvalue weighted by Gasteiger charge is 2.08. The molecule has 0 saturated carbocycles. The maximum atomic E-state index is 11.7. The molecule has 0 aromatic carbocycles. The van der Waals surface area contributed by atoms with E-state index in [1.165, 1.54) is 12.8 Å². The summed E-state index contributed by atoms with van der Waals surface area (Å²) in [6.45, 7) is 3.68. The number of esters is 4. The second-order valence-electron chi connectivity index (χ2n) is 9.25. The number of rotatable bonds is 25. The number of ether oxygens (including phenoxy) is 4. The van der Waals surface area contributed by atoms with Gasteiger partial charge in [-0.2, -0.15) is 0 Å². The summed E-state index contributed by atoms with van der Waals surface area (Å²) in [6, 6.07) is 0. The fourth-order valence-corrected chi connectivity index (χ4v) is 3.60. The van der Waals surface area contributed by atoms with Gasteiger partial charge in [-0.3, -0.25) is 19.2 Å². The van der Waals surface area contributed by atoms with E-state index < -0.39 is 0 Å². The van der Waals surface area contributed by atoms with Gasteiger partial charge >= 0.3 is 23.9 Å². The third kappa shape index (κ3) is 25.0. The van der Waals surface area contributed by atoms with Gasteiger partial charge in [0.1, 0.15) is 0 Å². The number of carbonyl (C=O) groups is 4. The molecule has 0 aliphatic carbocycles. The van der Waals surface area contributed by atoms with Gasteiger partial charge in [0, 0.05) is 25.7 Å². The molecule has 8 heteroatoms. The van der Waals surface area contributed by atoms with Crippen LogP contribution in [0.2, 0.25) is 0 Å². The fraction of sp³-hybridized carbons (Fsp3) is 0.857. The Kier molecular flexibility index (Phi) is 24.4. The molecule has 36 heavy (non-hydrogen) atoms. The summed E-state index contributed by atoms with van der Waals surface area (Å²) in [5.74, 6) is -1.36. The number of carbonyl (C=O) groups excluding carboxylic acids is 4. The predicted octanol–water partition coefficient (Wildman–Crippen LogP) is 6.92. The molecule has 0 aliphatic heterocycles. The molecule has 0 atom stereocenters. The minimum atomic E-state index is -0.356. The van der Waals surface area contributed by atoms with E-state index in [0.29, 0.717) is 25.7 Å². The van der Waals surface area contributed by atoms with Crippen molar-refractivity contribution in [1.82, 2.24) is 0 Å². The molecular formula is C28H50O8. The summed E-state index contributed by atoms with van der Waals surface area (Å²) >= 11 is 0. The first-order chi connectivity index (χ1) is 17.5. The Morgan fingerprint density at radius 1 is 0.361 bits per heavy atom. The molecular weight excluding hydrogens is 464 g/mol. The summed E-state index contributed by atoms with van der Waals surface area (Å²) in [5, 5.41) is 0. The smallest absolute Gasteiger partial charge is 0.308 e. The molecule has 0 bridgehead atoms. The van der Waals surface area contributed by atoms with E-state index in [9.17, 15) is 19.2 Å². The van der Waals surface area contributed by atoms with Crippen molar-refractivity contribution in [3.8, 4) is 0 Å². The maximum absolute atomic E-state index is 11.7. The van der Waals surface area contributed by atoms with Crippen molar-refractivity contribution < 1.29 is 38.1 Å².